The minimum atomic E-state index is -0.882. The molecule has 0 aliphatic heterocycles. The average molecular weight is 288 g/mol. The van der Waals surface area contributed by atoms with Gasteiger partial charge in [0.25, 0.3) is 0 Å². The second-order valence-electron chi connectivity index (χ2n) is 4.59. The number of rotatable bonds is 4. The van der Waals surface area contributed by atoms with Gasteiger partial charge in [0.2, 0.25) is 5.82 Å². The first-order valence-electron chi connectivity index (χ1n) is 6.17. The highest BCUT2D eigenvalue weighted by atomic mass is 19.1. The molecule has 0 unspecified atom stereocenters. The fourth-order valence-electron chi connectivity index (χ4n) is 2.01. The summed E-state index contributed by atoms with van der Waals surface area (Å²) in [5, 5.41) is 22.5. The molecule has 0 saturated heterocycles. The first-order chi connectivity index (χ1) is 9.93. The Morgan fingerprint density at radius 1 is 1.48 bits per heavy atom. The van der Waals surface area contributed by atoms with Crippen molar-refractivity contribution in [2.45, 2.75) is 13.5 Å². The lowest BCUT2D eigenvalue weighted by atomic mass is 10.2. The number of nitrogens with zero attached hydrogens (tertiary/aromatic N) is 3. The van der Waals surface area contributed by atoms with E-state index >= 15 is 0 Å². The molecule has 7 heteroatoms. The Balaban J connectivity index is 2.16. The van der Waals surface area contributed by atoms with E-state index in [1.54, 1.807) is 17.7 Å². The summed E-state index contributed by atoms with van der Waals surface area (Å²) in [4.78, 5) is 9.78. The first kappa shape index (κ1) is 14.5. The number of nitro benzene ring substituents is 1. The number of aromatic nitrogens is 1. The van der Waals surface area contributed by atoms with Gasteiger partial charge in [-0.15, -0.1) is 0 Å². The van der Waals surface area contributed by atoms with E-state index in [-0.39, 0.29) is 0 Å². The predicted octanol–water partition coefficient (Wildman–Crippen LogP) is 2.86. The van der Waals surface area contributed by atoms with Crippen LogP contribution < -0.4 is 5.32 Å². The van der Waals surface area contributed by atoms with Gasteiger partial charge in [-0.3, -0.25) is 10.1 Å². The molecule has 108 valence electrons. The van der Waals surface area contributed by atoms with Crippen molar-refractivity contribution < 1.29 is 9.31 Å². The lowest BCUT2D eigenvalue weighted by Crippen LogP contribution is -2.02. The van der Waals surface area contributed by atoms with Gasteiger partial charge in [-0.05, 0) is 24.6 Å². The third kappa shape index (κ3) is 2.84. The minimum absolute atomic E-state index is 0.401. The molecule has 2 aromatic rings. The van der Waals surface area contributed by atoms with Gasteiger partial charge in [-0.25, -0.2) is 0 Å². The zero-order valence-electron chi connectivity index (χ0n) is 11.6. The van der Waals surface area contributed by atoms with Crippen molar-refractivity contribution >= 4 is 11.4 Å². The van der Waals surface area contributed by atoms with Crippen LogP contribution in [-0.4, -0.2) is 9.49 Å². The molecule has 6 nitrogen and oxygen atoms in total. The monoisotopic (exact) mass is 288 g/mol. The maximum atomic E-state index is 13.5. The van der Waals surface area contributed by atoms with Crippen LogP contribution in [0.4, 0.5) is 15.8 Å². The summed E-state index contributed by atoms with van der Waals surface area (Å²) in [6.07, 6.45) is 0. The van der Waals surface area contributed by atoms with Crippen LogP contribution >= 0.6 is 0 Å². The summed E-state index contributed by atoms with van der Waals surface area (Å²) in [6.45, 7) is 2.28. The largest absolute Gasteiger partial charge is 0.381 e. The topological polar surface area (TPSA) is 83.9 Å². The molecule has 0 aliphatic rings. The molecule has 1 heterocycles. The summed E-state index contributed by atoms with van der Waals surface area (Å²) < 4.78 is 15.3. The zero-order valence-corrected chi connectivity index (χ0v) is 11.6. The van der Waals surface area contributed by atoms with E-state index in [0.29, 0.717) is 17.9 Å². The summed E-state index contributed by atoms with van der Waals surface area (Å²) in [7, 11) is 1.79. The molecule has 0 bridgehead atoms. The molecule has 0 amide bonds. The van der Waals surface area contributed by atoms with Crippen LogP contribution in [0.25, 0.3) is 0 Å². The molecule has 0 spiro atoms. The average Bonchev–Trinajstić information content (AvgIpc) is 2.72. The molecule has 1 N–H and O–H groups in total. The van der Waals surface area contributed by atoms with Crippen molar-refractivity contribution in [3.8, 4) is 6.07 Å². The van der Waals surface area contributed by atoms with E-state index in [9.17, 15) is 14.5 Å². The summed E-state index contributed by atoms with van der Waals surface area (Å²) >= 11 is 0. The van der Waals surface area contributed by atoms with Gasteiger partial charge in [0.1, 0.15) is 11.8 Å². The van der Waals surface area contributed by atoms with Crippen molar-refractivity contribution in [1.82, 2.24) is 4.57 Å². The number of nitro groups is 1. The van der Waals surface area contributed by atoms with Gasteiger partial charge in [-0.2, -0.15) is 9.65 Å². The number of hydrogen-bond donors (Lipinski definition) is 1. The zero-order chi connectivity index (χ0) is 15.6. The Morgan fingerprint density at radius 3 is 2.71 bits per heavy atom. The van der Waals surface area contributed by atoms with E-state index in [0.717, 1.165) is 23.4 Å². The van der Waals surface area contributed by atoms with E-state index in [1.807, 2.05) is 6.92 Å². The molecule has 0 radical (unpaired) electrons. The highest BCUT2D eigenvalue weighted by Gasteiger charge is 2.14. The maximum Gasteiger partial charge on any atom is 0.304 e. The molecule has 0 aliphatic carbocycles. The van der Waals surface area contributed by atoms with Crippen molar-refractivity contribution in [3.05, 3.63) is 57.1 Å². The molecule has 0 fully saturated rings. The fraction of sp³-hybridized carbons (Fsp3) is 0.214. The highest BCUT2D eigenvalue weighted by Crippen LogP contribution is 2.22. The van der Waals surface area contributed by atoms with Crippen LogP contribution in [0.3, 0.4) is 0 Å². The second kappa shape index (κ2) is 5.63. The molecule has 2 rings (SSSR count). The quantitative estimate of drug-likeness (QED) is 0.692. The second-order valence-corrected chi connectivity index (χ2v) is 4.59. The predicted molar refractivity (Wildman–Crippen MR) is 75.2 cm³/mol. The van der Waals surface area contributed by atoms with Crippen LogP contribution in [0, 0.1) is 34.2 Å². The maximum absolute atomic E-state index is 13.5. The molecule has 1 aromatic heterocycles. The third-order valence-electron chi connectivity index (χ3n) is 3.38. The van der Waals surface area contributed by atoms with E-state index in [4.69, 9.17) is 5.26 Å². The Bertz CT molecular complexity index is 746. The van der Waals surface area contributed by atoms with Crippen LogP contribution in [0.5, 0.6) is 0 Å². The standard InChI is InChI=1S/C14H13FN4O2/c1-9-10(5-12(7-16)18(9)2)8-17-11-3-4-14(19(20)21)13(15)6-11/h3-6,17H,8H2,1-2H3. The number of benzene rings is 1. The molecule has 1 aromatic carbocycles. The Kier molecular flexibility index (Phi) is 3.89. The third-order valence-corrected chi connectivity index (χ3v) is 3.38. The number of nitrogens with one attached hydrogen (secondary N) is 1. The molecule has 21 heavy (non-hydrogen) atoms. The molecular formula is C14H13FN4O2. The molecular weight excluding hydrogens is 275 g/mol. The number of halogens is 1. The van der Waals surface area contributed by atoms with Gasteiger partial charge in [0.05, 0.1) is 4.92 Å². The Hall–Kier alpha value is -2.88. The van der Waals surface area contributed by atoms with Crippen molar-refractivity contribution in [1.29, 1.82) is 5.26 Å². The van der Waals surface area contributed by atoms with Crippen molar-refractivity contribution in [2.75, 3.05) is 5.32 Å². The van der Waals surface area contributed by atoms with Crippen molar-refractivity contribution in [2.24, 2.45) is 7.05 Å². The first-order valence-corrected chi connectivity index (χ1v) is 6.17. The number of anilines is 1. The Labute approximate surface area is 120 Å². The van der Waals surface area contributed by atoms with Gasteiger partial charge in [0.15, 0.2) is 0 Å². The SMILES string of the molecule is Cc1c(CNc2ccc([N+](=O)[O-])c(F)c2)cc(C#N)n1C. The van der Waals surface area contributed by atoms with E-state index in [2.05, 4.69) is 11.4 Å². The number of nitriles is 1. The van der Waals surface area contributed by atoms with Crippen LogP contribution in [0.1, 0.15) is 17.0 Å². The van der Waals surface area contributed by atoms with E-state index < -0.39 is 16.4 Å². The molecule has 0 atom stereocenters. The minimum Gasteiger partial charge on any atom is -0.381 e. The summed E-state index contributed by atoms with van der Waals surface area (Å²) in [5.74, 6) is -0.882. The summed E-state index contributed by atoms with van der Waals surface area (Å²) in [5.41, 5.74) is 2.27. The van der Waals surface area contributed by atoms with Crippen LogP contribution in [-0.2, 0) is 13.6 Å². The Morgan fingerprint density at radius 2 is 2.19 bits per heavy atom. The van der Waals surface area contributed by atoms with Gasteiger partial charge in [0, 0.05) is 37.1 Å². The lowest BCUT2D eigenvalue weighted by Gasteiger charge is -2.07. The van der Waals surface area contributed by atoms with Gasteiger partial charge >= 0.3 is 5.69 Å². The lowest BCUT2D eigenvalue weighted by molar-refractivity contribution is -0.387. The number of hydrogen-bond acceptors (Lipinski definition) is 4. The smallest absolute Gasteiger partial charge is 0.304 e. The normalized spacial score (nSPS) is 10.2. The van der Waals surface area contributed by atoms with Gasteiger partial charge in [-0.1, -0.05) is 0 Å². The van der Waals surface area contributed by atoms with Crippen LogP contribution in [0.15, 0.2) is 24.3 Å². The highest BCUT2D eigenvalue weighted by molar-refractivity contribution is 5.50. The summed E-state index contributed by atoms with van der Waals surface area (Å²) in [6, 6.07) is 7.49. The van der Waals surface area contributed by atoms with Gasteiger partial charge < -0.3 is 9.88 Å². The molecule has 0 saturated carbocycles. The van der Waals surface area contributed by atoms with E-state index in [1.165, 1.54) is 6.07 Å². The van der Waals surface area contributed by atoms with Crippen LogP contribution in [0.2, 0.25) is 0 Å². The fourth-order valence-corrected chi connectivity index (χ4v) is 2.01. The van der Waals surface area contributed by atoms with Crippen molar-refractivity contribution in [3.63, 3.8) is 0 Å².